The fourth-order valence-corrected chi connectivity index (χ4v) is 2.50. The number of halogens is 3. The Morgan fingerprint density at radius 1 is 1.30 bits per heavy atom. The molecule has 0 amide bonds. The highest BCUT2D eigenvalue weighted by Crippen LogP contribution is 2.33. The molecule has 2 aromatic rings. The van der Waals surface area contributed by atoms with E-state index in [2.05, 4.69) is 21.2 Å². The number of hydrogen-bond acceptors (Lipinski definition) is 2. The Morgan fingerprint density at radius 2 is 2.05 bits per heavy atom. The Bertz CT molecular complexity index is 598. The Morgan fingerprint density at radius 3 is 2.65 bits per heavy atom. The lowest BCUT2D eigenvalue weighted by molar-refractivity contribution is 0.419. The summed E-state index contributed by atoms with van der Waals surface area (Å²) < 4.78 is 34.5. The average molecular weight is 344 g/mol. The van der Waals surface area contributed by atoms with E-state index in [9.17, 15) is 8.78 Å². The first-order valence-corrected chi connectivity index (χ1v) is 7.26. The van der Waals surface area contributed by atoms with Crippen LogP contribution in [0.25, 0.3) is 0 Å². The second-order valence-electron chi connectivity index (χ2n) is 4.61. The molecule has 0 aliphatic rings. The van der Waals surface area contributed by atoms with Gasteiger partial charge in [-0.3, -0.25) is 0 Å². The number of nitrogens with one attached hydrogen (secondary N) is 1. The van der Waals surface area contributed by atoms with Gasteiger partial charge in [0.2, 0.25) is 0 Å². The van der Waals surface area contributed by atoms with Gasteiger partial charge in [0.05, 0.1) is 16.8 Å². The van der Waals surface area contributed by atoms with E-state index in [1.165, 1.54) is 18.4 Å². The first-order chi connectivity index (χ1) is 9.56. The van der Waals surface area contributed by atoms with Crippen molar-refractivity contribution in [2.24, 2.45) is 0 Å². The Hall–Kier alpha value is -1.20. The van der Waals surface area contributed by atoms with E-state index in [1.54, 1.807) is 13.0 Å². The highest BCUT2D eigenvalue weighted by atomic mass is 79.9. The molecule has 1 N–H and O–H groups in total. The highest BCUT2D eigenvalue weighted by Gasteiger charge is 2.26. The smallest absolute Gasteiger partial charge is 0.139 e. The van der Waals surface area contributed by atoms with Crippen LogP contribution in [0.2, 0.25) is 0 Å². The minimum Gasteiger partial charge on any atom is -0.466 e. The molecule has 2 nitrogen and oxygen atoms in total. The summed E-state index contributed by atoms with van der Waals surface area (Å²) in [6.45, 7) is 4.24. The summed E-state index contributed by atoms with van der Waals surface area (Å²) in [5, 5.41) is 3.13. The molecule has 108 valence electrons. The summed E-state index contributed by atoms with van der Waals surface area (Å²) in [6, 6.07) is 3.77. The molecule has 1 heterocycles. The minimum atomic E-state index is -0.653. The molecule has 0 spiro atoms. The van der Waals surface area contributed by atoms with Crippen LogP contribution in [0.1, 0.15) is 36.3 Å². The quantitative estimate of drug-likeness (QED) is 0.849. The summed E-state index contributed by atoms with van der Waals surface area (Å²) in [4.78, 5) is 0. The second kappa shape index (κ2) is 6.50. The van der Waals surface area contributed by atoms with Crippen molar-refractivity contribution in [3.8, 4) is 0 Å². The van der Waals surface area contributed by atoms with Crippen LogP contribution >= 0.6 is 15.9 Å². The summed E-state index contributed by atoms with van der Waals surface area (Å²) in [6.07, 6.45) is 2.34. The normalized spacial score (nSPS) is 12.7. The molecule has 1 unspecified atom stereocenters. The van der Waals surface area contributed by atoms with Crippen molar-refractivity contribution in [3.63, 3.8) is 0 Å². The summed E-state index contributed by atoms with van der Waals surface area (Å²) in [5.41, 5.74) is 0.404. The lowest BCUT2D eigenvalue weighted by atomic mass is 10.0. The van der Waals surface area contributed by atoms with Crippen molar-refractivity contribution in [1.29, 1.82) is 0 Å². The van der Waals surface area contributed by atoms with Gasteiger partial charge in [-0.2, -0.15) is 0 Å². The van der Waals surface area contributed by atoms with Crippen molar-refractivity contribution < 1.29 is 13.2 Å². The van der Waals surface area contributed by atoms with E-state index in [4.69, 9.17) is 4.42 Å². The van der Waals surface area contributed by atoms with Crippen LogP contribution in [-0.2, 0) is 0 Å². The molecule has 0 aliphatic heterocycles. The molecule has 20 heavy (non-hydrogen) atoms. The van der Waals surface area contributed by atoms with Gasteiger partial charge in [0.15, 0.2) is 0 Å². The second-order valence-corrected chi connectivity index (χ2v) is 5.47. The van der Waals surface area contributed by atoms with Gasteiger partial charge >= 0.3 is 0 Å². The van der Waals surface area contributed by atoms with E-state index in [-0.39, 0.29) is 5.56 Å². The molecule has 1 aromatic carbocycles. The predicted octanol–water partition coefficient (Wildman–Crippen LogP) is 4.72. The van der Waals surface area contributed by atoms with E-state index in [1.807, 2.05) is 6.92 Å². The molecule has 0 saturated heterocycles. The molecule has 0 radical (unpaired) electrons. The zero-order valence-electron chi connectivity index (χ0n) is 11.3. The van der Waals surface area contributed by atoms with Gasteiger partial charge < -0.3 is 9.73 Å². The van der Waals surface area contributed by atoms with Crippen molar-refractivity contribution in [3.05, 3.63) is 57.5 Å². The number of furan rings is 1. The van der Waals surface area contributed by atoms with Crippen LogP contribution in [-0.4, -0.2) is 6.54 Å². The predicted molar refractivity (Wildman–Crippen MR) is 77.6 cm³/mol. The maximum absolute atomic E-state index is 14.3. The van der Waals surface area contributed by atoms with Gasteiger partial charge in [0.1, 0.15) is 17.4 Å². The standard InChI is InChI=1S/C15H16BrF2NO/c1-3-7-19-14(15-10(16)6-8-20-15)12-11(17)5-4-9(2)13(12)18/h4-6,8,14,19H,3,7H2,1-2H3. The van der Waals surface area contributed by atoms with Gasteiger partial charge in [-0.05, 0) is 53.5 Å². The third-order valence-corrected chi connectivity index (χ3v) is 3.77. The molecule has 0 saturated carbocycles. The van der Waals surface area contributed by atoms with Crippen LogP contribution in [0.5, 0.6) is 0 Å². The summed E-state index contributed by atoms with van der Waals surface area (Å²) in [5.74, 6) is -0.645. The zero-order chi connectivity index (χ0) is 14.7. The summed E-state index contributed by atoms with van der Waals surface area (Å²) >= 11 is 3.35. The van der Waals surface area contributed by atoms with Gasteiger partial charge in [-0.1, -0.05) is 13.0 Å². The molecule has 2 rings (SSSR count). The third kappa shape index (κ3) is 2.94. The van der Waals surface area contributed by atoms with Gasteiger partial charge in [-0.25, -0.2) is 8.78 Å². The maximum Gasteiger partial charge on any atom is 0.139 e. The van der Waals surface area contributed by atoms with Crippen molar-refractivity contribution >= 4 is 15.9 Å². The van der Waals surface area contributed by atoms with E-state index in [0.717, 1.165) is 6.42 Å². The molecular formula is C15H16BrF2NO. The Balaban J connectivity index is 2.52. The minimum absolute atomic E-state index is 0.00546. The van der Waals surface area contributed by atoms with Crippen LogP contribution in [0, 0.1) is 18.6 Å². The van der Waals surface area contributed by atoms with E-state index < -0.39 is 17.7 Å². The summed E-state index contributed by atoms with van der Waals surface area (Å²) in [7, 11) is 0. The molecule has 0 bridgehead atoms. The first-order valence-electron chi connectivity index (χ1n) is 6.47. The van der Waals surface area contributed by atoms with E-state index in [0.29, 0.717) is 22.3 Å². The Labute approximate surface area is 125 Å². The molecule has 1 atom stereocenters. The van der Waals surface area contributed by atoms with Crippen molar-refractivity contribution in [1.82, 2.24) is 5.32 Å². The molecule has 1 aromatic heterocycles. The SMILES string of the molecule is CCCNC(c1occc1Br)c1c(F)ccc(C)c1F. The molecule has 5 heteroatoms. The number of benzene rings is 1. The highest BCUT2D eigenvalue weighted by molar-refractivity contribution is 9.10. The zero-order valence-corrected chi connectivity index (χ0v) is 12.9. The van der Waals surface area contributed by atoms with Crippen LogP contribution in [0.3, 0.4) is 0 Å². The number of hydrogen-bond donors (Lipinski definition) is 1. The molecule has 0 aliphatic carbocycles. The van der Waals surface area contributed by atoms with Gasteiger partial charge in [0.25, 0.3) is 0 Å². The molecular weight excluding hydrogens is 328 g/mol. The van der Waals surface area contributed by atoms with Crippen LogP contribution < -0.4 is 5.32 Å². The number of rotatable bonds is 5. The van der Waals surface area contributed by atoms with Gasteiger partial charge in [0, 0.05) is 5.56 Å². The first kappa shape index (κ1) is 15.2. The Kier molecular flexibility index (Phi) is 4.94. The van der Waals surface area contributed by atoms with Crippen molar-refractivity contribution in [2.75, 3.05) is 6.54 Å². The lowest BCUT2D eigenvalue weighted by Crippen LogP contribution is -2.25. The maximum atomic E-state index is 14.3. The molecule has 0 fully saturated rings. The fourth-order valence-electron chi connectivity index (χ4n) is 2.07. The number of aryl methyl sites for hydroxylation is 1. The van der Waals surface area contributed by atoms with Crippen molar-refractivity contribution in [2.45, 2.75) is 26.3 Å². The van der Waals surface area contributed by atoms with E-state index >= 15 is 0 Å². The monoisotopic (exact) mass is 343 g/mol. The average Bonchev–Trinajstić information content (AvgIpc) is 2.84. The third-order valence-electron chi connectivity index (χ3n) is 3.11. The fraction of sp³-hybridized carbons (Fsp3) is 0.333. The lowest BCUT2D eigenvalue weighted by Gasteiger charge is -2.19. The van der Waals surface area contributed by atoms with Crippen LogP contribution in [0.15, 0.2) is 33.4 Å². The topological polar surface area (TPSA) is 25.2 Å². The largest absolute Gasteiger partial charge is 0.466 e. The van der Waals surface area contributed by atoms with Crippen LogP contribution in [0.4, 0.5) is 8.78 Å². The van der Waals surface area contributed by atoms with Gasteiger partial charge in [-0.15, -0.1) is 0 Å².